The molecule has 5 nitrogen and oxygen atoms in total. The van der Waals surface area contributed by atoms with E-state index in [4.69, 9.17) is 9.47 Å². The van der Waals surface area contributed by atoms with Crippen molar-refractivity contribution < 1.29 is 19.1 Å². The maximum Gasteiger partial charge on any atom is 0.309 e. The Bertz CT molecular complexity index is 507. The molecular weight excluding hydrogens is 294 g/mol. The fourth-order valence-electron chi connectivity index (χ4n) is 2.94. The van der Waals surface area contributed by atoms with Crippen molar-refractivity contribution in [3.8, 4) is 5.75 Å². The lowest BCUT2D eigenvalue weighted by atomic mass is 9.92. The molecule has 0 saturated carbocycles. The monoisotopic (exact) mass is 319 g/mol. The highest BCUT2D eigenvalue weighted by molar-refractivity contribution is 5.80. The van der Waals surface area contributed by atoms with E-state index in [2.05, 4.69) is 13.8 Å². The van der Waals surface area contributed by atoms with E-state index in [9.17, 15) is 9.59 Å². The third kappa shape index (κ3) is 5.93. The smallest absolute Gasteiger partial charge is 0.309 e. The molecule has 1 saturated heterocycles. The average Bonchev–Trinajstić information content (AvgIpc) is 2.52. The first-order valence-electron chi connectivity index (χ1n) is 8.16. The summed E-state index contributed by atoms with van der Waals surface area (Å²) < 4.78 is 10.5. The Labute approximate surface area is 137 Å². The highest BCUT2D eigenvalue weighted by atomic mass is 16.5. The number of rotatable bonds is 6. The minimum absolute atomic E-state index is 0.110. The molecule has 1 aliphatic heterocycles. The zero-order valence-electron chi connectivity index (χ0n) is 13.9. The summed E-state index contributed by atoms with van der Waals surface area (Å²) >= 11 is 0. The maximum atomic E-state index is 12.1. The Morgan fingerprint density at radius 1 is 1.13 bits per heavy atom. The molecule has 1 aliphatic rings. The van der Waals surface area contributed by atoms with Crippen LogP contribution in [0.1, 0.15) is 26.7 Å². The van der Waals surface area contributed by atoms with Gasteiger partial charge in [0.05, 0.1) is 13.0 Å². The lowest BCUT2D eigenvalue weighted by Crippen LogP contribution is -2.44. The number of benzene rings is 1. The van der Waals surface area contributed by atoms with Gasteiger partial charge in [-0.3, -0.25) is 9.59 Å². The van der Waals surface area contributed by atoms with Crippen LogP contribution in [0.3, 0.4) is 0 Å². The van der Waals surface area contributed by atoms with Crippen molar-refractivity contribution in [2.45, 2.75) is 26.7 Å². The molecule has 1 aromatic carbocycles. The number of likely N-dealkylation sites (tertiary alicyclic amines) is 1. The van der Waals surface area contributed by atoms with Crippen molar-refractivity contribution in [3.05, 3.63) is 30.3 Å². The zero-order chi connectivity index (χ0) is 16.7. The summed E-state index contributed by atoms with van der Waals surface area (Å²) in [5, 5.41) is 0. The highest BCUT2D eigenvalue weighted by Gasteiger charge is 2.25. The fraction of sp³-hybridized carbons (Fsp3) is 0.556. The van der Waals surface area contributed by atoms with Crippen LogP contribution in [0, 0.1) is 11.8 Å². The number of amides is 1. The standard InChI is InChI=1S/C18H25NO4/c1-14-10-15(2)12-19(11-14)17(20)13-23-18(21)8-9-22-16-6-4-3-5-7-16/h3-7,14-15H,8-13H2,1-2H3/t14-,15-/m1/s1. The molecule has 1 amide bonds. The van der Waals surface area contributed by atoms with Gasteiger partial charge in [0, 0.05) is 13.1 Å². The summed E-state index contributed by atoms with van der Waals surface area (Å²) in [4.78, 5) is 25.6. The molecule has 126 valence electrons. The van der Waals surface area contributed by atoms with Gasteiger partial charge < -0.3 is 14.4 Å². The van der Waals surface area contributed by atoms with Crippen molar-refractivity contribution in [1.82, 2.24) is 4.90 Å². The zero-order valence-corrected chi connectivity index (χ0v) is 13.9. The highest BCUT2D eigenvalue weighted by Crippen LogP contribution is 2.20. The quantitative estimate of drug-likeness (QED) is 0.756. The number of carbonyl (C=O) groups is 2. The second kappa shape index (κ2) is 8.56. The molecule has 1 heterocycles. The van der Waals surface area contributed by atoms with Gasteiger partial charge in [0.25, 0.3) is 5.91 Å². The van der Waals surface area contributed by atoms with E-state index in [-0.39, 0.29) is 25.5 Å². The summed E-state index contributed by atoms with van der Waals surface area (Å²) in [6.45, 7) is 5.85. The topological polar surface area (TPSA) is 55.8 Å². The number of ether oxygens (including phenoxy) is 2. The second-order valence-electron chi connectivity index (χ2n) is 6.32. The number of hydrogen-bond donors (Lipinski definition) is 0. The molecule has 5 heteroatoms. The Kier molecular flexibility index (Phi) is 6.44. The minimum atomic E-state index is -0.410. The third-order valence-corrected chi connectivity index (χ3v) is 3.90. The maximum absolute atomic E-state index is 12.1. The number of piperidine rings is 1. The van der Waals surface area contributed by atoms with E-state index >= 15 is 0 Å². The Balaban J connectivity index is 1.64. The van der Waals surface area contributed by atoms with Crippen molar-refractivity contribution in [1.29, 1.82) is 0 Å². The van der Waals surface area contributed by atoms with Gasteiger partial charge >= 0.3 is 5.97 Å². The van der Waals surface area contributed by atoms with E-state index < -0.39 is 5.97 Å². The molecule has 2 atom stereocenters. The van der Waals surface area contributed by atoms with Crippen LogP contribution in [0.15, 0.2) is 30.3 Å². The largest absolute Gasteiger partial charge is 0.493 e. The van der Waals surface area contributed by atoms with Crippen molar-refractivity contribution >= 4 is 11.9 Å². The van der Waals surface area contributed by atoms with Crippen LogP contribution in [-0.2, 0) is 14.3 Å². The Hall–Kier alpha value is -2.04. The van der Waals surface area contributed by atoms with E-state index in [0.717, 1.165) is 19.5 Å². The first-order chi connectivity index (χ1) is 11.0. The van der Waals surface area contributed by atoms with Crippen molar-refractivity contribution in [2.24, 2.45) is 11.8 Å². The van der Waals surface area contributed by atoms with Crippen LogP contribution in [0.5, 0.6) is 5.75 Å². The SMILES string of the molecule is C[C@@H]1C[C@@H](C)CN(C(=O)COC(=O)CCOc2ccccc2)C1. The molecule has 0 bridgehead atoms. The van der Waals surface area contributed by atoms with Gasteiger partial charge in [0.2, 0.25) is 0 Å². The van der Waals surface area contributed by atoms with Crippen molar-refractivity contribution in [3.63, 3.8) is 0 Å². The van der Waals surface area contributed by atoms with Crippen LogP contribution in [0.4, 0.5) is 0 Å². The predicted molar refractivity (Wildman–Crippen MR) is 87.0 cm³/mol. The van der Waals surface area contributed by atoms with E-state index in [0.29, 0.717) is 17.6 Å². The van der Waals surface area contributed by atoms with E-state index in [1.165, 1.54) is 0 Å². The van der Waals surface area contributed by atoms with Crippen LogP contribution >= 0.6 is 0 Å². The molecule has 2 rings (SSSR count). The molecule has 0 radical (unpaired) electrons. The van der Waals surface area contributed by atoms with Crippen LogP contribution in [0.25, 0.3) is 0 Å². The molecule has 0 unspecified atom stereocenters. The number of nitrogens with zero attached hydrogens (tertiary/aromatic N) is 1. The lowest BCUT2D eigenvalue weighted by molar-refractivity contribution is -0.153. The predicted octanol–water partition coefficient (Wildman–Crippen LogP) is 2.50. The van der Waals surface area contributed by atoms with Gasteiger partial charge in [-0.15, -0.1) is 0 Å². The summed E-state index contributed by atoms with van der Waals surface area (Å²) in [6, 6.07) is 9.29. The first-order valence-corrected chi connectivity index (χ1v) is 8.16. The number of hydrogen-bond acceptors (Lipinski definition) is 4. The average molecular weight is 319 g/mol. The molecule has 0 aromatic heterocycles. The lowest BCUT2D eigenvalue weighted by Gasteiger charge is -2.34. The Morgan fingerprint density at radius 2 is 1.78 bits per heavy atom. The number of esters is 1. The van der Waals surface area contributed by atoms with Crippen LogP contribution in [-0.4, -0.2) is 43.1 Å². The van der Waals surface area contributed by atoms with Gasteiger partial charge in [0.15, 0.2) is 6.61 Å². The molecule has 0 aliphatic carbocycles. The normalized spacial score (nSPS) is 20.9. The summed E-state index contributed by atoms with van der Waals surface area (Å²) in [6.07, 6.45) is 1.27. The fourth-order valence-corrected chi connectivity index (χ4v) is 2.94. The molecular formula is C18H25NO4. The van der Waals surface area contributed by atoms with Gasteiger partial charge in [-0.05, 0) is 30.4 Å². The van der Waals surface area contributed by atoms with Gasteiger partial charge in [0.1, 0.15) is 5.75 Å². The van der Waals surface area contributed by atoms with Gasteiger partial charge in [-0.1, -0.05) is 32.0 Å². The van der Waals surface area contributed by atoms with Gasteiger partial charge in [-0.2, -0.15) is 0 Å². The van der Waals surface area contributed by atoms with E-state index in [1.807, 2.05) is 30.3 Å². The second-order valence-corrected chi connectivity index (χ2v) is 6.32. The summed E-state index contributed by atoms with van der Waals surface area (Å²) in [5.74, 6) is 1.19. The van der Waals surface area contributed by atoms with E-state index in [1.54, 1.807) is 4.90 Å². The summed E-state index contributed by atoms with van der Waals surface area (Å²) in [5.41, 5.74) is 0. The molecule has 1 fully saturated rings. The summed E-state index contributed by atoms with van der Waals surface area (Å²) in [7, 11) is 0. The molecule has 0 N–H and O–H groups in total. The molecule has 0 spiro atoms. The van der Waals surface area contributed by atoms with Crippen LogP contribution in [0.2, 0.25) is 0 Å². The van der Waals surface area contributed by atoms with Crippen molar-refractivity contribution in [2.75, 3.05) is 26.3 Å². The van der Waals surface area contributed by atoms with Crippen LogP contribution < -0.4 is 4.74 Å². The number of carbonyl (C=O) groups excluding carboxylic acids is 2. The molecule has 1 aromatic rings. The van der Waals surface area contributed by atoms with Gasteiger partial charge in [-0.25, -0.2) is 0 Å². The number of para-hydroxylation sites is 1. The third-order valence-electron chi connectivity index (χ3n) is 3.90. The molecule has 23 heavy (non-hydrogen) atoms. The Morgan fingerprint density at radius 3 is 2.43 bits per heavy atom. The minimum Gasteiger partial charge on any atom is -0.493 e. The first kappa shape index (κ1) is 17.3.